The van der Waals surface area contributed by atoms with Gasteiger partial charge in [0.05, 0.1) is 19.8 Å². The SMILES string of the molecule is CN=C(NCCOc1ncccc1C(F)(F)F)N1CCC(C(=O)N2CCOCC2)CC1.I. The Labute approximate surface area is 202 Å². The summed E-state index contributed by atoms with van der Waals surface area (Å²) in [5.74, 6) is 0.392. The number of rotatable bonds is 5. The van der Waals surface area contributed by atoms with Crippen LogP contribution in [0.15, 0.2) is 23.3 Å². The van der Waals surface area contributed by atoms with E-state index in [1.165, 1.54) is 12.3 Å². The molecule has 0 aliphatic carbocycles. The Bertz CT molecular complexity index is 767. The summed E-state index contributed by atoms with van der Waals surface area (Å²) in [6.45, 7) is 4.11. The highest BCUT2D eigenvalue weighted by atomic mass is 127. The van der Waals surface area contributed by atoms with Gasteiger partial charge in [-0.2, -0.15) is 13.2 Å². The normalized spacial score (nSPS) is 18.2. The quantitative estimate of drug-likeness (QED) is 0.253. The molecule has 1 N–H and O–H groups in total. The largest absolute Gasteiger partial charge is 0.475 e. The third kappa shape index (κ3) is 7.09. The zero-order chi connectivity index (χ0) is 22.3. The predicted molar refractivity (Wildman–Crippen MR) is 123 cm³/mol. The van der Waals surface area contributed by atoms with E-state index in [0.717, 1.165) is 18.9 Å². The minimum absolute atomic E-state index is 0. The molecule has 180 valence electrons. The number of aliphatic imine (C=N–C) groups is 1. The molecule has 0 bridgehead atoms. The zero-order valence-corrected chi connectivity index (χ0v) is 20.3. The molecule has 0 unspecified atom stereocenters. The molecule has 2 fully saturated rings. The van der Waals surface area contributed by atoms with E-state index in [0.29, 0.717) is 45.4 Å². The third-order valence-corrected chi connectivity index (χ3v) is 5.38. The first-order valence-corrected chi connectivity index (χ1v) is 10.4. The topological polar surface area (TPSA) is 79.3 Å². The summed E-state index contributed by atoms with van der Waals surface area (Å²) >= 11 is 0. The maximum Gasteiger partial charge on any atom is 0.421 e. The molecule has 2 aliphatic heterocycles. The Morgan fingerprint density at radius 2 is 1.94 bits per heavy atom. The number of piperidine rings is 1. The number of nitrogens with one attached hydrogen (secondary N) is 1. The van der Waals surface area contributed by atoms with Gasteiger partial charge in [0.15, 0.2) is 5.96 Å². The van der Waals surface area contributed by atoms with Gasteiger partial charge in [0.2, 0.25) is 11.8 Å². The number of pyridine rings is 1. The Morgan fingerprint density at radius 1 is 1.25 bits per heavy atom. The lowest BCUT2D eigenvalue weighted by Crippen LogP contribution is -2.50. The highest BCUT2D eigenvalue weighted by Crippen LogP contribution is 2.34. The number of nitrogens with zero attached hydrogens (tertiary/aromatic N) is 4. The van der Waals surface area contributed by atoms with Gasteiger partial charge in [0, 0.05) is 45.3 Å². The zero-order valence-electron chi connectivity index (χ0n) is 17.9. The summed E-state index contributed by atoms with van der Waals surface area (Å²) in [4.78, 5) is 24.5. The van der Waals surface area contributed by atoms with Gasteiger partial charge in [0.1, 0.15) is 12.2 Å². The number of ether oxygens (including phenoxy) is 2. The molecule has 1 amide bonds. The van der Waals surface area contributed by atoms with Crippen LogP contribution in [0.25, 0.3) is 0 Å². The number of hydrogen-bond acceptors (Lipinski definition) is 5. The van der Waals surface area contributed by atoms with Crippen molar-refractivity contribution in [1.82, 2.24) is 20.1 Å². The van der Waals surface area contributed by atoms with Gasteiger partial charge in [-0.25, -0.2) is 4.98 Å². The summed E-state index contributed by atoms with van der Waals surface area (Å²) in [5, 5.41) is 3.11. The van der Waals surface area contributed by atoms with Crippen LogP contribution in [0, 0.1) is 5.92 Å². The van der Waals surface area contributed by atoms with E-state index >= 15 is 0 Å². The first-order valence-electron chi connectivity index (χ1n) is 10.4. The van der Waals surface area contributed by atoms with Crippen molar-refractivity contribution < 1.29 is 27.4 Å². The van der Waals surface area contributed by atoms with Crippen molar-refractivity contribution in [3.8, 4) is 5.88 Å². The van der Waals surface area contributed by atoms with Crippen molar-refractivity contribution in [1.29, 1.82) is 0 Å². The van der Waals surface area contributed by atoms with Gasteiger partial charge in [-0.1, -0.05) is 0 Å². The maximum atomic E-state index is 13.0. The van der Waals surface area contributed by atoms with Crippen LogP contribution in [-0.2, 0) is 15.7 Å². The van der Waals surface area contributed by atoms with Crippen LogP contribution >= 0.6 is 24.0 Å². The number of likely N-dealkylation sites (tertiary alicyclic amines) is 1. The molecule has 32 heavy (non-hydrogen) atoms. The van der Waals surface area contributed by atoms with Crippen molar-refractivity contribution >= 4 is 35.8 Å². The van der Waals surface area contributed by atoms with Gasteiger partial charge in [-0.3, -0.25) is 9.79 Å². The minimum Gasteiger partial charge on any atom is -0.475 e. The number of hydrogen-bond donors (Lipinski definition) is 1. The van der Waals surface area contributed by atoms with Crippen LogP contribution in [0.2, 0.25) is 0 Å². The minimum atomic E-state index is -4.52. The molecule has 3 heterocycles. The van der Waals surface area contributed by atoms with Crippen LogP contribution in [0.4, 0.5) is 13.2 Å². The standard InChI is InChI=1S/C20H28F3N5O3.HI/c1-24-19(26-7-12-31-17-16(20(21,22)23)3-2-6-25-17)28-8-4-15(5-9-28)18(29)27-10-13-30-14-11-27;/h2-3,6,15H,4-5,7-14H2,1H3,(H,24,26);1H. The average molecular weight is 571 g/mol. The molecule has 2 saturated heterocycles. The third-order valence-electron chi connectivity index (χ3n) is 5.38. The monoisotopic (exact) mass is 571 g/mol. The number of halogens is 4. The molecule has 1 aromatic rings. The molecular weight excluding hydrogens is 542 g/mol. The molecule has 1 aromatic heterocycles. The van der Waals surface area contributed by atoms with Crippen LogP contribution in [-0.4, -0.2) is 86.2 Å². The smallest absolute Gasteiger partial charge is 0.421 e. The molecule has 0 atom stereocenters. The lowest BCUT2D eigenvalue weighted by molar-refractivity contribution is -0.141. The maximum absolute atomic E-state index is 13.0. The van der Waals surface area contributed by atoms with Gasteiger partial charge in [-0.15, -0.1) is 24.0 Å². The van der Waals surface area contributed by atoms with Crippen molar-refractivity contribution in [2.24, 2.45) is 10.9 Å². The van der Waals surface area contributed by atoms with Crippen molar-refractivity contribution in [3.63, 3.8) is 0 Å². The Hall–Kier alpha value is -1.83. The highest BCUT2D eigenvalue weighted by molar-refractivity contribution is 14.0. The molecule has 0 spiro atoms. The Balaban J connectivity index is 0.00000363. The number of morpholine rings is 1. The second kappa shape index (κ2) is 12.4. The van der Waals surface area contributed by atoms with Crippen LogP contribution in [0.5, 0.6) is 5.88 Å². The second-order valence-corrected chi connectivity index (χ2v) is 7.38. The number of carbonyl (C=O) groups excluding carboxylic acids is 1. The van der Waals surface area contributed by atoms with Gasteiger partial charge < -0.3 is 24.6 Å². The highest BCUT2D eigenvalue weighted by Gasteiger charge is 2.35. The number of aromatic nitrogens is 1. The lowest BCUT2D eigenvalue weighted by atomic mass is 9.95. The van der Waals surface area contributed by atoms with E-state index in [-0.39, 0.29) is 49.0 Å². The van der Waals surface area contributed by atoms with Crippen molar-refractivity contribution in [2.45, 2.75) is 19.0 Å². The molecule has 12 heteroatoms. The Kier molecular flexibility index (Phi) is 10.3. The average Bonchev–Trinajstić information content (AvgIpc) is 2.79. The van der Waals surface area contributed by atoms with Crippen molar-refractivity contribution in [2.75, 3.05) is 59.6 Å². The molecular formula is C20H29F3IN5O3. The van der Waals surface area contributed by atoms with E-state index in [2.05, 4.69) is 15.3 Å². The molecule has 8 nitrogen and oxygen atoms in total. The predicted octanol–water partition coefficient (Wildman–Crippen LogP) is 2.24. The van der Waals surface area contributed by atoms with E-state index in [9.17, 15) is 18.0 Å². The molecule has 3 rings (SSSR count). The summed E-state index contributed by atoms with van der Waals surface area (Å²) in [6.07, 6.45) is -1.79. The van der Waals surface area contributed by atoms with Gasteiger partial charge in [0.25, 0.3) is 0 Å². The second-order valence-electron chi connectivity index (χ2n) is 7.38. The molecule has 0 radical (unpaired) electrons. The fraction of sp³-hybridized carbons (Fsp3) is 0.650. The van der Waals surface area contributed by atoms with Crippen molar-refractivity contribution in [3.05, 3.63) is 23.9 Å². The summed E-state index contributed by atoms with van der Waals surface area (Å²) in [5.41, 5.74) is -0.897. The lowest BCUT2D eigenvalue weighted by Gasteiger charge is -2.36. The number of guanidine groups is 1. The first-order chi connectivity index (χ1) is 14.9. The molecule has 0 saturated carbocycles. The van der Waals surface area contributed by atoms with Gasteiger partial charge in [-0.05, 0) is 25.0 Å². The van der Waals surface area contributed by atoms with Gasteiger partial charge >= 0.3 is 6.18 Å². The first kappa shape index (κ1) is 26.4. The molecule has 2 aliphatic rings. The van der Waals surface area contributed by atoms with E-state index in [1.807, 2.05) is 9.80 Å². The number of carbonyl (C=O) groups is 1. The van der Waals surface area contributed by atoms with E-state index in [1.54, 1.807) is 7.05 Å². The van der Waals surface area contributed by atoms with Crippen LogP contribution in [0.3, 0.4) is 0 Å². The summed E-state index contributed by atoms with van der Waals surface area (Å²) in [6, 6.07) is 2.17. The number of alkyl halides is 3. The number of amides is 1. The summed E-state index contributed by atoms with van der Waals surface area (Å²) < 4.78 is 49.5. The van der Waals surface area contributed by atoms with Crippen LogP contribution < -0.4 is 10.1 Å². The fourth-order valence-electron chi connectivity index (χ4n) is 3.74. The van der Waals surface area contributed by atoms with E-state index < -0.39 is 17.6 Å². The van der Waals surface area contributed by atoms with E-state index in [4.69, 9.17) is 9.47 Å². The molecule has 0 aromatic carbocycles. The fourth-order valence-corrected chi connectivity index (χ4v) is 3.74. The van der Waals surface area contributed by atoms with Crippen LogP contribution in [0.1, 0.15) is 18.4 Å². The summed E-state index contributed by atoms with van der Waals surface area (Å²) in [7, 11) is 1.65. The Morgan fingerprint density at radius 3 is 2.56 bits per heavy atom.